The summed E-state index contributed by atoms with van der Waals surface area (Å²) in [4.78, 5) is 11.6. The lowest BCUT2D eigenvalue weighted by atomic mass is 10.0. The number of unbranched alkanes of at least 4 members (excludes halogenated alkanes) is 2. The van der Waals surface area contributed by atoms with Crippen LogP contribution in [0.4, 0.5) is 0 Å². The van der Waals surface area contributed by atoms with Crippen LogP contribution < -0.4 is 0 Å². The van der Waals surface area contributed by atoms with Crippen LogP contribution in [-0.4, -0.2) is 28.2 Å². The molecule has 5 heteroatoms. The van der Waals surface area contributed by atoms with Crippen molar-refractivity contribution in [3.05, 3.63) is 0 Å². The fourth-order valence-electron chi connectivity index (χ4n) is 2.27. The second-order valence-corrected chi connectivity index (χ2v) is 17.0. The van der Waals surface area contributed by atoms with Crippen molar-refractivity contribution in [2.24, 2.45) is 0 Å². The second-order valence-electron chi connectivity index (χ2n) is 8.12. The maximum atomic E-state index is 11.6. The van der Waals surface area contributed by atoms with Gasteiger partial charge >= 0.3 is 0 Å². The van der Waals surface area contributed by atoms with Gasteiger partial charge in [-0.1, -0.05) is 12.8 Å². The molecule has 0 aromatic carbocycles. The van der Waals surface area contributed by atoms with E-state index in [1.54, 1.807) is 0 Å². The zero-order valence-electron chi connectivity index (χ0n) is 14.8. The molecule has 0 bridgehead atoms. The van der Waals surface area contributed by atoms with E-state index < -0.39 is 16.6 Å². The van der Waals surface area contributed by atoms with Gasteiger partial charge in [0.1, 0.15) is 0 Å². The molecule has 0 radical (unpaired) electrons. The standard InChI is InChI=1S/C15H34O3Si2/c1-15(2,18-20(6,7)8)13-11-9-10-12-14(16)17-19(3,4)5/h9-13H2,1-8H3. The third kappa shape index (κ3) is 12.9. The highest BCUT2D eigenvalue weighted by Gasteiger charge is 2.26. The quantitative estimate of drug-likeness (QED) is 0.446. The van der Waals surface area contributed by atoms with Crippen LogP contribution in [0.2, 0.25) is 39.3 Å². The van der Waals surface area contributed by atoms with E-state index in [0.29, 0.717) is 6.42 Å². The zero-order chi connectivity index (χ0) is 16.0. The van der Waals surface area contributed by atoms with Crippen LogP contribution >= 0.6 is 0 Å². The van der Waals surface area contributed by atoms with Crippen LogP contribution in [-0.2, 0) is 13.6 Å². The molecule has 0 aliphatic carbocycles. The Hall–Kier alpha value is -0.136. The van der Waals surface area contributed by atoms with Gasteiger partial charge in [-0.2, -0.15) is 0 Å². The Labute approximate surface area is 127 Å². The summed E-state index contributed by atoms with van der Waals surface area (Å²) >= 11 is 0. The third-order valence-corrected chi connectivity index (χ3v) is 4.67. The van der Waals surface area contributed by atoms with E-state index in [9.17, 15) is 4.79 Å². The van der Waals surface area contributed by atoms with Gasteiger partial charge in [-0.05, 0) is 66.0 Å². The first-order valence-corrected chi connectivity index (χ1v) is 14.5. The fourth-order valence-corrected chi connectivity index (χ4v) is 4.81. The van der Waals surface area contributed by atoms with Crippen molar-refractivity contribution in [1.29, 1.82) is 0 Å². The van der Waals surface area contributed by atoms with Crippen LogP contribution in [0.1, 0.15) is 46.0 Å². The minimum Gasteiger partial charge on any atom is -0.520 e. The van der Waals surface area contributed by atoms with Gasteiger partial charge in [0.25, 0.3) is 5.97 Å². The number of hydrogen-bond acceptors (Lipinski definition) is 3. The molecule has 0 N–H and O–H groups in total. The predicted octanol–water partition coefficient (Wildman–Crippen LogP) is 4.95. The van der Waals surface area contributed by atoms with Gasteiger partial charge in [-0.3, -0.25) is 4.79 Å². The summed E-state index contributed by atoms with van der Waals surface area (Å²) < 4.78 is 11.6. The van der Waals surface area contributed by atoms with Crippen molar-refractivity contribution in [3.63, 3.8) is 0 Å². The Kier molecular flexibility index (Phi) is 7.70. The van der Waals surface area contributed by atoms with Gasteiger partial charge in [0, 0.05) is 6.42 Å². The van der Waals surface area contributed by atoms with Gasteiger partial charge in [-0.15, -0.1) is 0 Å². The van der Waals surface area contributed by atoms with Crippen LogP contribution in [0.25, 0.3) is 0 Å². The second kappa shape index (κ2) is 7.75. The summed E-state index contributed by atoms with van der Waals surface area (Å²) in [5.74, 6) is -0.0261. The lowest BCUT2D eigenvalue weighted by molar-refractivity contribution is -0.135. The molecule has 0 aliphatic rings. The van der Waals surface area contributed by atoms with Crippen molar-refractivity contribution in [2.45, 2.75) is 90.8 Å². The SMILES string of the molecule is CC(C)(CCCCCC(=O)O[Si](C)(C)C)O[Si](C)(C)C. The molecule has 0 atom stereocenters. The molecule has 0 amide bonds. The molecule has 0 aliphatic heterocycles. The summed E-state index contributed by atoms with van der Waals surface area (Å²) in [6, 6.07) is 0. The van der Waals surface area contributed by atoms with Crippen molar-refractivity contribution in [2.75, 3.05) is 0 Å². The fraction of sp³-hybridized carbons (Fsp3) is 0.933. The van der Waals surface area contributed by atoms with Crippen molar-refractivity contribution < 1.29 is 13.6 Å². The molecule has 0 heterocycles. The van der Waals surface area contributed by atoms with Crippen LogP contribution in [0, 0.1) is 0 Å². The number of hydrogen-bond donors (Lipinski definition) is 0. The Morgan fingerprint density at radius 1 is 0.900 bits per heavy atom. The van der Waals surface area contributed by atoms with Crippen LogP contribution in [0.5, 0.6) is 0 Å². The van der Waals surface area contributed by atoms with E-state index in [0.717, 1.165) is 25.7 Å². The number of rotatable bonds is 9. The predicted molar refractivity (Wildman–Crippen MR) is 91.0 cm³/mol. The summed E-state index contributed by atoms with van der Waals surface area (Å²) in [7, 11) is -3.19. The average Bonchev–Trinajstić information content (AvgIpc) is 2.09. The third-order valence-electron chi connectivity index (χ3n) is 2.66. The molecule has 0 aromatic heterocycles. The molecule has 0 spiro atoms. The highest BCUT2D eigenvalue weighted by molar-refractivity contribution is 6.71. The molecule has 0 fully saturated rings. The molecule has 0 saturated carbocycles. The molecular formula is C15H34O3Si2. The minimum absolute atomic E-state index is 0.0261. The first-order chi connectivity index (χ1) is 8.81. The smallest absolute Gasteiger partial charge is 0.292 e. The Bertz CT molecular complexity index is 301. The summed E-state index contributed by atoms with van der Waals surface area (Å²) in [6.07, 6.45) is 4.71. The summed E-state index contributed by atoms with van der Waals surface area (Å²) in [5, 5.41) is 0. The highest BCUT2D eigenvalue weighted by atomic mass is 28.4. The van der Waals surface area contributed by atoms with E-state index >= 15 is 0 Å². The molecular weight excluding hydrogens is 284 g/mol. The van der Waals surface area contributed by atoms with Crippen molar-refractivity contribution in [1.82, 2.24) is 0 Å². The first kappa shape index (κ1) is 19.9. The molecule has 0 saturated heterocycles. The Morgan fingerprint density at radius 3 is 1.90 bits per heavy atom. The van der Waals surface area contributed by atoms with Gasteiger partial charge in [0.05, 0.1) is 5.60 Å². The first-order valence-electron chi connectivity index (χ1n) is 7.73. The molecule has 0 aromatic rings. The number of carbonyl (C=O) groups is 1. The van der Waals surface area contributed by atoms with Gasteiger partial charge in [0.2, 0.25) is 8.32 Å². The van der Waals surface area contributed by atoms with E-state index in [-0.39, 0.29) is 11.6 Å². The van der Waals surface area contributed by atoms with E-state index in [1.807, 2.05) is 19.6 Å². The van der Waals surface area contributed by atoms with Gasteiger partial charge < -0.3 is 8.85 Å². The highest BCUT2D eigenvalue weighted by Crippen LogP contribution is 2.23. The monoisotopic (exact) mass is 318 g/mol. The van der Waals surface area contributed by atoms with Gasteiger partial charge in [-0.25, -0.2) is 0 Å². The van der Waals surface area contributed by atoms with E-state index in [2.05, 4.69) is 33.5 Å². The van der Waals surface area contributed by atoms with Gasteiger partial charge in [0.15, 0.2) is 8.32 Å². The van der Waals surface area contributed by atoms with E-state index in [4.69, 9.17) is 8.85 Å². The average molecular weight is 319 g/mol. The topological polar surface area (TPSA) is 35.5 Å². The normalized spacial score (nSPS) is 13.4. The molecule has 3 nitrogen and oxygen atoms in total. The minimum atomic E-state index is -1.71. The maximum absolute atomic E-state index is 11.6. The summed E-state index contributed by atoms with van der Waals surface area (Å²) in [6.45, 7) is 17.1. The van der Waals surface area contributed by atoms with E-state index in [1.165, 1.54) is 0 Å². The zero-order valence-corrected chi connectivity index (χ0v) is 16.8. The van der Waals surface area contributed by atoms with Crippen molar-refractivity contribution >= 4 is 22.6 Å². The molecule has 120 valence electrons. The lowest BCUT2D eigenvalue weighted by Gasteiger charge is -2.33. The lowest BCUT2D eigenvalue weighted by Crippen LogP contribution is -2.38. The Balaban J connectivity index is 3.79. The molecule has 0 unspecified atom stereocenters. The van der Waals surface area contributed by atoms with Crippen LogP contribution in [0.15, 0.2) is 0 Å². The molecule has 20 heavy (non-hydrogen) atoms. The maximum Gasteiger partial charge on any atom is 0.292 e. The van der Waals surface area contributed by atoms with Crippen molar-refractivity contribution in [3.8, 4) is 0 Å². The number of carbonyl (C=O) groups excluding carboxylic acids is 1. The molecule has 0 rings (SSSR count). The largest absolute Gasteiger partial charge is 0.520 e. The van der Waals surface area contributed by atoms with Crippen LogP contribution in [0.3, 0.4) is 0 Å². The Morgan fingerprint density at radius 2 is 1.45 bits per heavy atom. The summed E-state index contributed by atoms with van der Waals surface area (Å²) in [5.41, 5.74) is -0.0384.